The molecule has 0 saturated carbocycles. The molecular weight excluding hydrogens is 336 g/mol. The largest absolute Gasteiger partial charge is 0.450 e. The normalized spacial score (nSPS) is 11.4. The summed E-state index contributed by atoms with van der Waals surface area (Å²) in [5.41, 5.74) is 1.33. The molecule has 2 N–H and O–H groups in total. The third-order valence-corrected chi connectivity index (χ3v) is 4.49. The zero-order chi connectivity index (χ0) is 19.8. The molecule has 4 heteroatoms. The van der Waals surface area contributed by atoms with Crippen molar-refractivity contribution in [3.63, 3.8) is 0 Å². The minimum atomic E-state index is -0.320. The minimum absolute atomic E-state index is 0.242. The summed E-state index contributed by atoms with van der Waals surface area (Å²) in [4.78, 5) is 11.6. The average molecular weight is 377 g/mol. The highest BCUT2D eigenvalue weighted by molar-refractivity contribution is 5.67. The lowest BCUT2D eigenvalue weighted by atomic mass is 10.1. The first-order valence-electron chi connectivity index (χ1n) is 10.7. The molecule has 1 rings (SSSR count). The van der Waals surface area contributed by atoms with Gasteiger partial charge in [0.1, 0.15) is 0 Å². The first-order chi connectivity index (χ1) is 13.0. The van der Waals surface area contributed by atoms with Gasteiger partial charge in [-0.2, -0.15) is 0 Å². The number of nitrogens with one attached hydrogen (secondary N) is 2. The van der Waals surface area contributed by atoms with E-state index in [1.807, 2.05) is 30.3 Å². The van der Waals surface area contributed by atoms with Gasteiger partial charge in [-0.3, -0.25) is 0 Å². The van der Waals surface area contributed by atoms with Crippen LogP contribution in [0.4, 0.5) is 4.79 Å². The van der Waals surface area contributed by atoms with Gasteiger partial charge >= 0.3 is 6.09 Å². The summed E-state index contributed by atoms with van der Waals surface area (Å²) in [6.45, 7) is 8.81. The van der Waals surface area contributed by atoms with Crippen molar-refractivity contribution >= 4 is 6.09 Å². The van der Waals surface area contributed by atoms with Crippen molar-refractivity contribution in [2.45, 2.75) is 90.6 Å². The number of hydrogen-bond acceptors (Lipinski definition) is 3. The van der Waals surface area contributed by atoms with E-state index in [1.54, 1.807) is 0 Å². The van der Waals surface area contributed by atoms with Crippen molar-refractivity contribution in [1.29, 1.82) is 0 Å². The lowest BCUT2D eigenvalue weighted by molar-refractivity contribution is 0.143. The fourth-order valence-corrected chi connectivity index (χ4v) is 2.91. The molecule has 0 aromatic heterocycles. The van der Waals surface area contributed by atoms with Crippen molar-refractivity contribution in [2.24, 2.45) is 0 Å². The fourth-order valence-electron chi connectivity index (χ4n) is 2.91. The molecule has 1 aromatic rings. The van der Waals surface area contributed by atoms with Crippen LogP contribution in [0.25, 0.3) is 0 Å². The lowest BCUT2D eigenvalue weighted by Crippen LogP contribution is -2.36. The number of rotatable bonds is 14. The third kappa shape index (κ3) is 15.2. The number of carbonyl (C=O) groups is 1. The van der Waals surface area contributed by atoms with Crippen LogP contribution in [-0.2, 0) is 11.3 Å². The van der Waals surface area contributed by atoms with Crippen LogP contribution in [-0.4, -0.2) is 24.8 Å². The molecule has 0 saturated heterocycles. The number of unbranched alkanes of at least 4 members (excludes halogenated alkanes) is 8. The Balaban J connectivity index is 1.80. The van der Waals surface area contributed by atoms with Crippen molar-refractivity contribution in [3.8, 4) is 0 Å². The average Bonchev–Trinajstić information content (AvgIpc) is 2.63. The van der Waals surface area contributed by atoms with Crippen LogP contribution in [0.5, 0.6) is 0 Å². The monoisotopic (exact) mass is 376 g/mol. The number of carbonyl (C=O) groups excluding carboxylic acids is 1. The van der Waals surface area contributed by atoms with Crippen LogP contribution in [0, 0.1) is 0 Å². The maximum absolute atomic E-state index is 11.6. The summed E-state index contributed by atoms with van der Waals surface area (Å²) in [5.74, 6) is 0. The quantitative estimate of drug-likeness (QED) is 0.403. The van der Waals surface area contributed by atoms with Gasteiger partial charge in [0.25, 0.3) is 0 Å². The van der Waals surface area contributed by atoms with Crippen molar-refractivity contribution in [3.05, 3.63) is 35.9 Å². The van der Waals surface area contributed by atoms with Crippen molar-refractivity contribution in [1.82, 2.24) is 10.6 Å². The van der Waals surface area contributed by atoms with Crippen molar-refractivity contribution < 1.29 is 9.53 Å². The molecule has 0 heterocycles. The molecule has 0 unspecified atom stereocenters. The Hall–Kier alpha value is -1.55. The van der Waals surface area contributed by atoms with Gasteiger partial charge in [0.2, 0.25) is 0 Å². The summed E-state index contributed by atoms with van der Waals surface area (Å²) < 4.78 is 5.21. The maximum Gasteiger partial charge on any atom is 0.407 e. The predicted molar refractivity (Wildman–Crippen MR) is 114 cm³/mol. The first kappa shape index (κ1) is 23.5. The zero-order valence-electron chi connectivity index (χ0n) is 17.7. The van der Waals surface area contributed by atoms with Crippen molar-refractivity contribution in [2.75, 3.05) is 13.2 Å². The number of amides is 1. The third-order valence-electron chi connectivity index (χ3n) is 4.49. The van der Waals surface area contributed by atoms with Gasteiger partial charge in [-0.15, -0.1) is 0 Å². The molecule has 0 atom stereocenters. The summed E-state index contributed by atoms with van der Waals surface area (Å²) in [7, 11) is 0. The Labute approximate surface area is 166 Å². The van der Waals surface area contributed by atoms with Gasteiger partial charge in [0.05, 0.1) is 6.61 Å². The van der Waals surface area contributed by atoms with E-state index in [-0.39, 0.29) is 11.6 Å². The number of hydrogen-bond donors (Lipinski definition) is 2. The number of benzene rings is 1. The minimum Gasteiger partial charge on any atom is -0.450 e. The summed E-state index contributed by atoms with van der Waals surface area (Å²) in [6, 6.07) is 9.87. The number of alkyl carbamates (subject to hydrolysis) is 1. The maximum atomic E-state index is 11.6. The highest BCUT2D eigenvalue weighted by Gasteiger charge is 2.06. The Morgan fingerprint density at radius 3 is 2.00 bits per heavy atom. The Bertz CT molecular complexity index is 483. The second-order valence-corrected chi connectivity index (χ2v) is 8.33. The highest BCUT2D eigenvalue weighted by atomic mass is 16.5. The standard InChI is InChI=1S/C23H40N2O2/c1-23(2,3)25-18-14-9-7-5-4-6-8-10-15-19-27-22(26)24-20-21-16-12-11-13-17-21/h11-13,16-17,25H,4-10,14-15,18-20H2,1-3H3,(H,24,26). The number of ether oxygens (including phenoxy) is 1. The molecule has 1 aromatic carbocycles. The molecule has 0 aliphatic rings. The molecule has 0 fully saturated rings. The Morgan fingerprint density at radius 1 is 0.852 bits per heavy atom. The molecule has 4 nitrogen and oxygen atoms in total. The highest BCUT2D eigenvalue weighted by Crippen LogP contribution is 2.10. The van der Waals surface area contributed by atoms with Crippen LogP contribution in [0.3, 0.4) is 0 Å². The Morgan fingerprint density at radius 2 is 1.41 bits per heavy atom. The van der Waals surface area contributed by atoms with E-state index in [4.69, 9.17) is 4.74 Å². The van der Waals surface area contributed by atoms with E-state index in [2.05, 4.69) is 31.4 Å². The summed E-state index contributed by atoms with van der Waals surface area (Å²) in [5, 5.41) is 6.32. The Kier molecular flexibility index (Phi) is 12.6. The molecule has 154 valence electrons. The van der Waals surface area contributed by atoms with E-state index in [0.717, 1.165) is 24.9 Å². The van der Waals surface area contributed by atoms with Gasteiger partial charge in [0, 0.05) is 12.1 Å². The molecular formula is C23H40N2O2. The van der Waals surface area contributed by atoms with Gasteiger partial charge in [-0.05, 0) is 45.7 Å². The van der Waals surface area contributed by atoms with Gasteiger partial charge in [-0.25, -0.2) is 4.79 Å². The second kappa shape index (κ2) is 14.5. The molecule has 0 bridgehead atoms. The fraction of sp³-hybridized carbons (Fsp3) is 0.696. The predicted octanol–water partition coefficient (Wildman–Crippen LogP) is 5.81. The zero-order valence-corrected chi connectivity index (χ0v) is 17.7. The van der Waals surface area contributed by atoms with E-state index in [0.29, 0.717) is 13.2 Å². The van der Waals surface area contributed by atoms with Crippen LogP contribution < -0.4 is 10.6 Å². The molecule has 1 amide bonds. The van der Waals surface area contributed by atoms with Gasteiger partial charge in [0.15, 0.2) is 0 Å². The first-order valence-corrected chi connectivity index (χ1v) is 10.7. The molecule has 0 spiro atoms. The van der Waals surface area contributed by atoms with Crippen LogP contribution in [0.1, 0.15) is 84.1 Å². The lowest BCUT2D eigenvalue weighted by Gasteiger charge is -2.20. The smallest absolute Gasteiger partial charge is 0.407 e. The molecule has 0 aliphatic carbocycles. The van der Waals surface area contributed by atoms with Gasteiger partial charge in [-0.1, -0.05) is 75.3 Å². The van der Waals surface area contributed by atoms with E-state index < -0.39 is 0 Å². The van der Waals surface area contributed by atoms with E-state index in [9.17, 15) is 4.79 Å². The van der Waals surface area contributed by atoms with Gasteiger partial charge < -0.3 is 15.4 Å². The van der Waals surface area contributed by atoms with E-state index in [1.165, 1.54) is 44.9 Å². The second-order valence-electron chi connectivity index (χ2n) is 8.33. The molecule has 27 heavy (non-hydrogen) atoms. The summed E-state index contributed by atoms with van der Waals surface area (Å²) in [6.07, 6.45) is 10.9. The SMILES string of the molecule is CC(C)(C)NCCCCCCCCCCCOC(=O)NCc1ccccc1. The van der Waals surface area contributed by atoms with Crippen LogP contribution in [0.2, 0.25) is 0 Å². The topological polar surface area (TPSA) is 50.4 Å². The van der Waals surface area contributed by atoms with Crippen LogP contribution >= 0.6 is 0 Å². The molecule has 0 radical (unpaired) electrons. The summed E-state index contributed by atoms with van der Waals surface area (Å²) >= 11 is 0. The molecule has 0 aliphatic heterocycles. The van der Waals surface area contributed by atoms with E-state index >= 15 is 0 Å². The van der Waals surface area contributed by atoms with Crippen LogP contribution in [0.15, 0.2) is 30.3 Å².